The molecule has 0 aromatic rings. The number of aliphatic hydroxyl groups is 1. The van der Waals surface area contributed by atoms with Gasteiger partial charge in [-0.2, -0.15) is 0 Å². The maximum atomic E-state index is 10.2. The molecule has 0 bridgehead atoms. The van der Waals surface area contributed by atoms with Crippen LogP contribution in [0.3, 0.4) is 0 Å². The van der Waals surface area contributed by atoms with Crippen molar-refractivity contribution < 1.29 is 10.0 Å². The molecule has 1 fully saturated rings. The molecule has 1 saturated carbocycles. The second-order valence-corrected chi connectivity index (χ2v) is 6.00. The predicted molar refractivity (Wildman–Crippen MR) is 71.9 cm³/mol. The molecule has 17 heavy (non-hydrogen) atoms. The maximum absolute atomic E-state index is 10.2. The van der Waals surface area contributed by atoms with Crippen LogP contribution in [-0.2, 0) is 0 Å². The summed E-state index contributed by atoms with van der Waals surface area (Å²) in [6.45, 7) is 2.66. The zero-order chi connectivity index (χ0) is 12.7. The van der Waals surface area contributed by atoms with Gasteiger partial charge in [-0.1, -0.05) is 38.0 Å². The zero-order valence-electron chi connectivity index (χ0n) is 11.7. The summed E-state index contributed by atoms with van der Waals surface area (Å²) < 4.78 is 0. The van der Waals surface area contributed by atoms with E-state index in [4.69, 9.17) is 0 Å². The van der Waals surface area contributed by atoms with Crippen LogP contribution in [0.2, 0.25) is 0 Å². The van der Waals surface area contributed by atoms with Gasteiger partial charge in [-0.05, 0) is 31.6 Å². The fourth-order valence-corrected chi connectivity index (χ4v) is 2.43. The first-order valence-corrected chi connectivity index (χ1v) is 7.01. The largest absolute Gasteiger partial charge is 0.378 e. The highest BCUT2D eigenvalue weighted by atomic mass is 16.3. The van der Waals surface area contributed by atoms with Gasteiger partial charge in [0.05, 0.1) is 14.1 Å². The van der Waals surface area contributed by atoms with Crippen molar-refractivity contribution in [3.05, 3.63) is 0 Å². The first-order valence-electron chi connectivity index (χ1n) is 7.01. The highest BCUT2D eigenvalue weighted by molar-refractivity contribution is 5.11. The SMILES string of the molecule is C[NH+](C)CC#CC(C)(O)CCC1CCCCC1. The van der Waals surface area contributed by atoms with E-state index in [1.807, 2.05) is 6.92 Å². The van der Waals surface area contributed by atoms with Crippen LogP contribution >= 0.6 is 0 Å². The molecule has 98 valence electrons. The van der Waals surface area contributed by atoms with Gasteiger partial charge in [0.15, 0.2) is 0 Å². The van der Waals surface area contributed by atoms with E-state index in [1.165, 1.54) is 37.0 Å². The molecule has 2 nitrogen and oxygen atoms in total. The molecule has 2 heteroatoms. The van der Waals surface area contributed by atoms with Gasteiger partial charge in [0, 0.05) is 0 Å². The zero-order valence-corrected chi connectivity index (χ0v) is 11.7. The van der Waals surface area contributed by atoms with Crippen molar-refractivity contribution in [1.29, 1.82) is 0 Å². The summed E-state index contributed by atoms with van der Waals surface area (Å²) in [7, 11) is 4.15. The van der Waals surface area contributed by atoms with Crippen LogP contribution in [0.25, 0.3) is 0 Å². The molecule has 0 aromatic carbocycles. The lowest BCUT2D eigenvalue weighted by Gasteiger charge is -2.24. The lowest BCUT2D eigenvalue weighted by atomic mass is 9.83. The van der Waals surface area contributed by atoms with Crippen LogP contribution in [0.1, 0.15) is 51.9 Å². The van der Waals surface area contributed by atoms with E-state index >= 15 is 0 Å². The third-order valence-corrected chi connectivity index (χ3v) is 3.56. The van der Waals surface area contributed by atoms with Crippen molar-refractivity contribution in [2.45, 2.75) is 57.5 Å². The summed E-state index contributed by atoms with van der Waals surface area (Å²) in [6, 6.07) is 0. The van der Waals surface area contributed by atoms with Gasteiger partial charge < -0.3 is 10.0 Å². The van der Waals surface area contributed by atoms with Crippen molar-refractivity contribution in [1.82, 2.24) is 0 Å². The number of nitrogens with one attached hydrogen (secondary N) is 1. The standard InChI is InChI=1S/C15H27NO/c1-15(17,11-7-13-16(2)3)12-10-14-8-5-4-6-9-14/h14,17H,4-6,8-10,12-13H2,1-3H3/p+1. The Balaban J connectivity index is 2.29. The van der Waals surface area contributed by atoms with Gasteiger partial charge >= 0.3 is 0 Å². The summed E-state index contributed by atoms with van der Waals surface area (Å²) in [4.78, 5) is 1.31. The normalized spacial score (nSPS) is 20.8. The van der Waals surface area contributed by atoms with E-state index in [9.17, 15) is 5.11 Å². The minimum absolute atomic E-state index is 0.785. The van der Waals surface area contributed by atoms with Crippen LogP contribution in [0.5, 0.6) is 0 Å². The Morgan fingerprint density at radius 1 is 1.24 bits per heavy atom. The second kappa shape index (κ2) is 7.03. The molecule has 1 atom stereocenters. The molecule has 0 radical (unpaired) electrons. The number of quaternary nitrogens is 1. The number of hydrogen-bond acceptors (Lipinski definition) is 1. The molecule has 0 aromatic heterocycles. The highest BCUT2D eigenvalue weighted by Gasteiger charge is 2.21. The van der Waals surface area contributed by atoms with Crippen molar-refractivity contribution >= 4 is 0 Å². The third-order valence-electron chi connectivity index (χ3n) is 3.56. The quantitative estimate of drug-likeness (QED) is 0.708. The summed E-state index contributed by atoms with van der Waals surface area (Å²) >= 11 is 0. The van der Waals surface area contributed by atoms with Crippen molar-refractivity contribution in [3.8, 4) is 11.8 Å². The number of hydrogen-bond donors (Lipinski definition) is 2. The van der Waals surface area contributed by atoms with E-state index in [0.717, 1.165) is 25.3 Å². The van der Waals surface area contributed by atoms with E-state index in [1.54, 1.807) is 0 Å². The van der Waals surface area contributed by atoms with E-state index in [2.05, 4.69) is 25.9 Å². The Bertz CT molecular complexity index is 266. The van der Waals surface area contributed by atoms with Crippen molar-refractivity contribution in [2.75, 3.05) is 20.6 Å². The summed E-state index contributed by atoms with van der Waals surface area (Å²) in [5.41, 5.74) is -0.785. The molecule has 0 amide bonds. The molecule has 1 unspecified atom stereocenters. The third kappa shape index (κ3) is 6.71. The van der Waals surface area contributed by atoms with Gasteiger partial charge in [-0.15, -0.1) is 0 Å². The smallest absolute Gasteiger partial charge is 0.139 e. The average molecular weight is 238 g/mol. The molecule has 0 heterocycles. The topological polar surface area (TPSA) is 24.7 Å². The Kier molecular flexibility index (Phi) is 6.02. The minimum Gasteiger partial charge on any atom is -0.378 e. The summed E-state index contributed by atoms with van der Waals surface area (Å²) in [5, 5.41) is 10.2. The first kappa shape index (κ1) is 14.5. The lowest BCUT2D eigenvalue weighted by Crippen LogP contribution is -3.05. The van der Waals surface area contributed by atoms with Gasteiger partial charge in [0.1, 0.15) is 12.1 Å². The highest BCUT2D eigenvalue weighted by Crippen LogP contribution is 2.29. The van der Waals surface area contributed by atoms with Crippen LogP contribution in [-0.4, -0.2) is 31.3 Å². The Morgan fingerprint density at radius 3 is 2.47 bits per heavy atom. The molecular weight excluding hydrogens is 210 g/mol. The molecule has 0 saturated heterocycles. The fourth-order valence-electron chi connectivity index (χ4n) is 2.43. The van der Waals surface area contributed by atoms with Gasteiger partial charge in [-0.25, -0.2) is 0 Å². The molecule has 0 aliphatic heterocycles. The van der Waals surface area contributed by atoms with Gasteiger partial charge in [0.25, 0.3) is 0 Å². The van der Waals surface area contributed by atoms with Crippen LogP contribution in [0.4, 0.5) is 0 Å². The molecule has 0 spiro atoms. The van der Waals surface area contributed by atoms with Crippen LogP contribution in [0.15, 0.2) is 0 Å². The molecule has 1 aliphatic carbocycles. The Morgan fingerprint density at radius 2 is 1.88 bits per heavy atom. The maximum Gasteiger partial charge on any atom is 0.139 e. The Labute approximate surface area is 106 Å². The van der Waals surface area contributed by atoms with Crippen molar-refractivity contribution in [2.24, 2.45) is 5.92 Å². The molecule has 1 aliphatic rings. The predicted octanol–water partition coefficient (Wildman–Crippen LogP) is 1.25. The van der Waals surface area contributed by atoms with Crippen molar-refractivity contribution in [3.63, 3.8) is 0 Å². The summed E-state index contributed by atoms with van der Waals surface area (Å²) in [6.07, 6.45) is 8.82. The minimum atomic E-state index is -0.785. The van der Waals surface area contributed by atoms with Crippen LogP contribution < -0.4 is 4.90 Å². The molecular formula is C15H28NO+. The van der Waals surface area contributed by atoms with Gasteiger partial charge in [-0.3, -0.25) is 0 Å². The van der Waals surface area contributed by atoms with E-state index in [-0.39, 0.29) is 0 Å². The average Bonchev–Trinajstić information content (AvgIpc) is 2.27. The first-order chi connectivity index (χ1) is 7.99. The van der Waals surface area contributed by atoms with Gasteiger partial charge in [0.2, 0.25) is 0 Å². The monoisotopic (exact) mass is 238 g/mol. The second-order valence-electron chi connectivity index (χ2n) is 6.00. The number of rotatable bonds is 4. The Hall–Kier alpha value is -0.520. The van der Waals surface area contributed by atoms with E-state index in [0.29, 0.717) is 0 Å². The summed E-state index contributed by atoms with van der Waals surface area (Å²) in [5.74, 6) is 6.92. The fraction of sp³-hybridized carbons (Fsp3) is 0.867. The lowest BCUT2D eigenvalue weighted by molar-refractivity contribution is -0.850. The van der Waals surface area contributed by atoms with Crippen LogP contribution in [0, 0.1) is 17.8 Å². The molecule has 1 rings (SSSR count). The molecule has 2 N–H and O–H groups in total. The van der Waals surface area contributed by atoms with E-state index < -0.39 is 5.60 Å².